The number of thioether (sulfide) groups is 1. The maximum absolute atomic E-state index is 12.3. The van der Waals surface area contributed by atoms with E-state index in [1.807, 2.05) is 43.3 Å². The molecular formula is C16H17N5OS. The Morgan fingerprint density at radius 2 is 2.13 bits per heavy atom. The lowest BCUT2D eigenvalue weighted by atomic mass is 10.1. The summed E-state index contributed by atoms with van der Waals surface area (Å²) in [5.41, 5.74) is 6.95. The molecule has 2 rings (SSSR count). The molecule has 2 N–H and O–H groups in total. The van der Waals surface area contributed by atoms with Crippen molar-refractivity contribution in [3.63, 3.8) is 0 Å². The molecule has 0 spiro atoms. The number of anilines is 1. The Bertz CT molecular complexity index is 729. The van der Waals surface area contributed by atoms with E-state index < -0.39 is 0 Å². The van der Waals surface area contributed by atoms with Gasteiger partial charge in [0.1, 0.15) is 17.5 Å². The molecule has 0 bridgehead atoms. The predicted octanol–water partition coefficient (Wildman–Crippen LogP) is 2.24. The number of nitrogens with two attached hydrogens (primary N) is 1. The number of rotatable bonds is 5. The van der Waals surface area contributed by atoms with Crippen molar-refractivity contribution in [1.29, 1.82) is 5.26 Å². The maximum atomic E-state index is 12.3. The smallest absolute Gasteiger partial charge is 0.233 e. The van der Waals surface area contributed by atoms with Gasteiger partial charge in [-0.15, -0.1) is 0 Å². The number of benzene rings is 1. The minimum Gasteiger partial charge on any atom is -0.382 e. The van der Waals surface area contributed by atoms with Crippen LogP contribution in [0.25, 0.3) is 0 Å². The minimum absolute atomic E-state index is 0.0174. The molecule has 0 saturated carbocycles. The van der Waals surface area contributed by atoms with Crippen molar-refractivity contribution < 1.29 is 4.79 Å². The first-order chi connectivity index (χ1) is 11.0. The number of aromatic nitrogens is 2. The molecule has 1 heterocycles. The minimum atomic E-state index is -0.0297. The summed E-state index contributed by atoms with van der Waals surface area (Å²) in [6.07, 6.45) is 1.37. The second-order valence-corrected chi connectivity index (χ2v) is 5.89. The third-order valence-electron chi connectivity index (χ3n) is 3.50. The summed E-state index contributed by atoms with van der Waals surface area (Å²) in [5.74, 6) is 0.306. The number of amides is 1. The number of hydrogen-bond donors (Lipinski definition) is 1. The summed E-state index contributed by atoms with van der Waals surface area (Å²) in [5, 5.41) is 9.18. The Morgan fingerprint density at radius 3 is 2.74 bits per heavy atom. The standard InChI is InChI=1S/C16H17N5OS/c1-11(12-6-4-3-5-7-12)21(2)14(22)10-23-16-19-9-13(8-17)15(18)20-16/h3-7,9,11H,10H2,1-2H3,(H2,18,19,20). The van der Waals surface area contributed by atoms with Gasteiger partial charge >= 0.3 is 0 Å². The Morgan fingerprint density at radius 1 is 1.43 bits per heavy atom. The van der Waals surface area contributed by atoms with Gasteiger partial charge in [0.2, 0.25) is 5.91 Å². The molecule has 2 aromatic rings. The fraction of sp³-hybridized carbons (Fsp3) is 0.250. The third kappa shape index (κ3) is 4.20. The lowest BCUT2D eigenvalue weighted by molar-refractivity contribution is -0.128. The summed E-state index contributed by atoms with van der Waals surface area (Å²) in [7, 11) is 1.77. The number of carbonyl (C=O) groups excluding carboxylic acids is 1. The predicted molar refractivity (Wildman–Crippen MR) is 89.5 cm³/mol. The number of hydrogen-bond acceptors (Lipinski definition) is 6. The van der Waals surface area contributed by atoms with Gasteiger partial charge in [-0.3, -0.25) is 4.79 Å². The second kappa shape index (κ2) is 7.61. The zero-order valence-corrected chi connectivity index (χ0v) is 13.7. The van der Waals surface area contributed by atoms with Crippen molar-refractivity contribution in [2.24, 2.45) is 0 Å². The highest BCUT2D eigenvalue weighted by Crippen LogP contribution is 2.21. The van der Waals surface area contributed by atoms with E-state index in [-0.39, 0.29) is 29.1 Å². The third-order valence-corrected chi connectivity index (χ3v) is 4.34. The van der Waals surface area contributed by atoms with Crippen molar-refractivity contribution in [2.45, 2.75) is 18.1 Å². The van der Waals surface area contributed by atoms with Crippen LogP contribution in [0.5, 0.6) is 0 Å². The average molecular weight is 327 g/mol. The van der Waals surface area contributed by atoms with Crippen LogP contribution < -0.4 is 5.73 Å². The van der Waals surface area contributed by atoms with E-state index in [1.165, 1.54) is 18.0 Å². The van der Waals surface area contributed by atoms with Crippen LogP contribution in [0, 0.1) is 11.3 Å². The largest absolute Gasteiger partial charge is 0.382 e. The van der Waals surface area contributed by atoms with Crippen LogP contribution in [0.3, 0.4) is 0 Å². The molecule has 23 heavy (non-hydrogen) atoms. The lowest BCUT2D eigenvalue weighted by Gasteiger charge is -2.25. The van der Waals surface area contributed by atoms with E-state index in [2.05, 4.69) is 9.97 Å². The molecule has 0 aliphatic carbocycles. The first-order valence-electron chi connectivity index (χ1n) is 6.99. The zero-order valence-electron chi connectivity index (χ0n) is 12.9. The molecule has 1 aromatic heterocycles. The van der Waals surface area contributed by atoms with Crippen LogP contribution in [0.4, 0.5) is 5.82 Å². The summed E-state index contributed by atoms with van der Waals surface area (Å²) in [6, 6.07) is 11.7. The molecule has 0 fully saturated rings. The average Bonchev–Trinajstić information content (AvgIpc) is 2.59. The van der Waals surface area contributed by atoms with E-state index in [1.54, 1.807) is 11.9 Å². The van der Waals surface area contributed by atoms with Crippen molar-refractivity contribution in [3.05, 3.63) is 47.7 Å². The topological polar surface area (TPSA) is 95.9 Å². The molecule has 1 atom stereocenters. The van der Waals surface area contributed by atoms with Crippen LogP contribution in [-0.2, 0) is 4.79 Å². The molecule has 0 aliphatic heterocycles. The van der Waals surface area contributed by atoms with Gasteiger partial charge in [0.25, 0.3) is 0 Å². The molecule has 0 saturated heterocycles. The van der Waals surface area contributed by atoms with E-state index in [0.29, 0.717) is 5.16 Å². The van der Waals surface area contributed by atoms with E-state index in [4.69, 9.17) is 11.0 Å². The first-order valence-corrected chi connectivity index (χ1v) is 7.97. The molecule has 1 amide bonds. The summed E-state index contributed by atoms with van der Waals surface area (Å²) in [6.45, 7) is 1.98. The summed E-state index contributed by atoms with van der Waals surface area (Å²) in [4.78, 5) is 22.0. The van der Waals surface area contributed by atoms with Crippen LogP contribution >= 0.6 is 11.8 Å². The number of nitriles is 1. The number of carbonyl (C=O) groups is 1. The Kier molecular flexibility index (Phi) is 5.55. The van der Waals surface area contributed by atoms with E-state index in [9.17, 15) is 4.79 Å². The van der Waals surface area contributed by atoms with Crippen LogP contribution in [0.1, 0.15) is 24.1 Å². The number of nitrogens with zero attached hydrogens (tertiary/aromatic N) is 4. The molecule has 1 aromatic carbocycles. The molecule has 6 nitrogen and oxygen atoms in total. The Hall–Kier alpha value is -2.59. The van der Waals surface area contributed by atoms with E-state index in [0.717, 1.165) is 5.56 Å². The molecule has 0 radical (unpaired) electrons. The Balaban J connectivity index is 1.96. The zero-order chi connectivity index (χ0) is 16.8. The van der Waals surface area contributed by atoms with Gasteiger partial charge < -0.3 is 10.6 Å². The Labute approximate surface area is 139 Å². The van der Waals surface area contributed by atoms with Gasteiger partial charge in [-0.25, -0.2) is 9.97 Å². The van der Waals surface area contributed by atoms with Gasteiger partial charge in [0, 0.05) is 7.05 Å². The highest BCUT2D eigenvalue weighted by molar-refractivity contribution is 7.99. The molecular weight excluding hydrogens is 310 g/mol. The quantitative estimate of drug-likeness (QED) is 0.668. The van der Waals surface area contributed by atoms with Crippen molar-refractivity contribution in [1.82, 2.24) is 14.9 Å². The highest BCUT2D eigenvalue weighted by atomic mass is 32.2. The normalized spacial score (nSPS) is 11.5. The molecule has 1 unspecified atom stereocenters. The fourth-order valence-corrected chi connectivity index (χ4v) is 2.68. The van der Waals surface area contributed by atoms with Gasteiger partial charge in [-0.05, 0) is 12.5 Å². The monoisotopic (exact) mass is 327 g/mol. The summed E-state index contributed by atoms with van der Waals surface area (Å²) < 4.78 is 0. The summed E-state index contributed by atoms with van der Waals surface area (Å²) >= 11 is 1.20. The molecule has 7 heteroatoms. The SMILES string of the molecule is CC(c1ccccc1)N(C)C(=O)CSc1ncc(C#N)c(N)n1. The van der Waals surface area contributed by atoms with Gasteiger partial charge in [-0.2, -0.15) is 5.26 Å². The number of nitrogen functional groups attached to an aromatic ring is 1. The lowest BCUT2D eigenvalue weighted by Crippen LogP contribution is -2.31. The van der Waals surface area contributed by atoms with Gasteiger partial charge in [-0.1, -0.05) is 42.1 Å². The van der Waals surface area contributed by atoms with Crippen LogP contribution in [0.2, 0.25) is 0 Å². The van der Waals surface area contributed by atoms with Gasteiger partial charge in [0.15, 0.2) is 5.16 Å². The van der Waals surface area contributed by atoms with Crippen LogP contribution in [-0.4, -0.2) is 33.6 Å². The molecule has 118 valence electrons. The highest BCUT2D eigenvalue weighted by Gasteiger charge is 2.18. The van der Waals surface area contributed by atoms with E-state index >= 15 is 0 Å². The van der Waals surface area contributed by atoms with Crippen molar-refractivity contribution in [2.75, 3.05) is 18.5 Å². The fourth-order valence-electron chi connectivity index (χ4n) is 1.93. The second-order valence-electron chi connectivity index (χ2n) is 4.94. The molecule has 0 aliphatic rings. The van der Waals surface area contributed by atoms with Crippen molar-refractivity contribution in [3.8, 4) is 6.07 Å². The van der Waals surface area contributed by atoms with Crippen LogP contribution in [0.15, 0.2) is 41.7 Å². The van der Waals surface area contributed by atoms with Crippen molar-refractivity contribution >= 4 is 23.5 Å². The van der Waals surface area contributed by atoms with Gasteiger partial charge in [0.05, 0.1) is 18.0 Å². The first kappa shape index (κ1) is 16.8. The maximum Gasteiger partial charge on any atom is 0.233 e.